The van der Waals surface area contributed by atoms with Gasteiger partial charge < -0.3 is 0 Å². The monoisotopic (exact) mass is 424 g/mol. The molecule has 3 aromatic rings. The van der Waals surface area contributed by atoms with Crippen molar-refractivity contribution in [3.8, 4) is 0 Å². The van der Waals surface area contributed by atoms with Crippen LogP contribution in [-0.2, 0) is 14.4 Å². The van der Waals surface area contributed by atoms with Crippen molar-refractivity contribution >= 4 is 23.2 Å². The Morgan fingerprint density at radius 1 is 0.742 bits per heavy atom. The Labute approximate surface area is 175 Å². The number of hydrogen-bond acceptors (Lipinski definition) is 4. The van der Waals surface area contributed by atoms with Gasteiger partial charge in [0.05, 0.1) is 17.4 Å². The van der Waals surface area contributed by atoms with Crippen molar-refractivity contribution < 1.29 is 27.6 Å². The number of anilines is 2. The Hall–Kier alpha value is -3.65. The van der Waals surface area contributed by atoms with Crippen molar-refractivity contribution in [2.24, 2.45) is 5.92 Å². The molecule has 2 saturated heterocycles. The lowest BCUT2D eigenvalue weighted by molar-refractivity contribution is -0.126. The van der Waals surface area contributed by atoms with Crippen LogP contribution >= 0.6 is 0 Å². The van der Waals surface area contributed by atoms with E-state index in [2.05, 4.69) is 0 Å². The highest BCUT2D eigenvalue weighted by Gasteiger charge is 2.60. The molecule has 0 aliphatic carbocycles. The Kier molecular flexibility index (Phi) is 4.51. The quantitative estimate of drug-likeness (QED) is 0.593. The number of amides is 2. The SMILES string of the molecule is O=C1[C@@H]2[C@@H](c3ccc(F)c(F)c3)N(c3ccccc3)O[C@H]2C(=O)N1c1ccc(F)cc1. The predicted octanol–water partition coefficient (Wildman–Crippen LogP) is 4.16. The van der Waals surface area contributed by atoms with E-state index < -0.39 is 47.3 Å². The smallest absolute Gasteiger partial charge is 0.266 e. The first-order valence-corrected chi connectivity index (χ1v) is 9.55. The summed E-state index contributed by atoms with van der Waals surface area (Å²) in [6.45, 7) is 0. The van der Waals surface area contributed by atoms with Gasteiger partial charge in [-0.2, -0.15) is 0 Å². The number of rotatable bonds is 3. The predicted molar refractivity (Wildman–Crippen MR) is 105 cm³/mol. The minimum absolute atomic E-state index is 0.213. The summed E-state index contributed by atoms with van der Waals surface area (Å²) in [6, 6.07) is 16.2. The molecule has 2 amide bonds. The van der Waals surface area contributed by atoms with Crippen molar-refractivity contribution in [2.75, 3.05) is 9.96 Å². The maximum Gasteiger partial charge on any atom is 0.266 e. The lowest BCUT2D eigenvalue weighted by Gasteiger charge is -2.28. The van der Waals surface area contributed by atoms with Gasteiger partial charge in [0.2, 0.25) is 5.91 Å². The topological polar surface area (TPSA) is 49.9 Å². The summed E-state index contributed by atoms with van der Waals surface area (Å²) >= 11 is 0. The van der Waals surface area contributed by atoms with Gasteiger partial charge in [0.15, 0.2) is 17.7 Å². The van der Waals surface area contributed by atoms with E-state index in [4.69, 9.17) is 4.84 Å². The second kappa shape index (κ2) is 7.24. The molecule has 3 atom stereocenters. The molecule has 0 radical (unpaired) electrons. The number of carbonyl (C=O) groups is 2. The summed E-state index contributed by atoms with van der Waals surface area (Å²) in [6.07, 6.45) is -1.16. The van der Waals surface area contributed by atoms with E-state index in [1.165, 1.54) is 23.3 Å². The first-order chi connectivity index (χ1) is 15.0. The number of hydrogen-bond donors (Lipinski definition) is 0. The Balaban J connectivity index is 1.60. The number of imide groups is 1. The van der Waals surface area contributed by atoms with Crippen LogP contribution in [0, 0.1) is 23.4 Å². The van der Waals surface area contributed by atoms with Gasteiger partial charge in [0, 0.05) is 0 Å². The normalized spacial score (nSPS) is 22.9. The fourth-order valence-corrected chi connectivity index (χ4v) is 4.09. The van der Waals surface area contributed by atoms with E-state index in [0.29, 0.717) is 5.69 Å². The summed E-state index contributed by atoms with van der Waals surface area (Å²) in [7, 11) is 0. The second-order valence-electron chi connectivity index (χ2n) is 7.32. The molecule has 156 valence electrons. The molecule has 8 heteroatoms. The number of para-hydroxylation sites is 1. The summed E-state index contributed by atoms with van der Waals surface area (Å²) < 4.78 is 40.9. The molecule has 2 fully saturated rings. The van der Waals surface area contributed by atoms with Crippen LogP contribution in [0.5, 0.6) is 0 Å². The molecule has 0 unspecified atom stereocenters. The Morgan fingerprint density at radius 2 is 1.45 bits per heavy atom. The van der Waals surface area contributed by atoms with E-state index in [1.807, 2.05) is 0 Å². The summed E-state index contributed by atoms with van der Waals surface area (Å²) in [4.78, 5) is 33.3. The molecule has 2 aliphatic rings. The molecule has 0 aromatic heterocycles. The van der Waals surface area contributed by atoms with Crippen LogP contribution in [0.2, 0.25) is 0 Å². The Morgan fingerprint density at radius 3 is 2.13 bits per heavy atom. The van der Waals surface area contributed by atoms with Gasteiger partial charge in [-0.05, 0) is 54.1 Å². The van der Waals surface area contributed by atoms with Gasteiger partial charge >= 0.3 is 0 Å². The summed E-state index contributed by atoms with van der Waals surface area (Å²) in [5.41, 5.74) is 1.06. The number of carbonyl (C=O) groups excluding carboxylic acids is 2. The third kappa shape index (κ3) is 3.07. The lowest BCUT2D eigenvalue weighted by Crippen LogP contribution is -2.37. The van der Waals surface area contributed by atoms with E-state index >= 15 is 0 Å². The lowest BCUT2D eigenvalue weighted by atomic mass is 9.90. The van der Waals surface area contributed by atoms with Gasteiger partial charge in [-0.15, -0.1) is 0 Å². The van der Waals surface area contributed by atoms with E-state index in [0.717, 1.165) is 29.2 Å². The van der Waals surface area contributed by atoms with Gasteiger partial charge in [0.25, 0.3) is 5.91 Å². The summed E-state index contributed by atoms with van der Waals surface area (Å²) in [5, 5.41) is 1.39. The Bertz CT molecular complexity index is 1170. The molecule has 0 bridgehead atoms. The zero-order valence-electron chi connectivity index (χ0n) is 15.9. The average molecular weight is 424 g/mol. The minimum atomic E-state index is -1.16. The number of nitrogens with zero attached hydrogens (tertiary/aromatic N) is 2. The van der Waals surface area contributed by atoms with Gasteiger partial charge in [0.1, 0.15) is 11.7 Å². The van der Waals surface area contributed by atoms with E-state index in [9.17, 15) is 22.8 Å². The first-order valence-electron chi connectivity index (χ1n) is 9.55. The third-order valence-electron chi connectivity index (χ3n) is 5.50. The minimum Gasteiger partial charge on any atom is -0.273 e. The molecule has 31 heavy (non-hydrogen) atoms. The second-order valence-corrected chi connectivity index (χ2v) is 7.32. The van der Waals surface area contributed by atoms with Crippen molar-refractivity contribution in [2.45, 2.75) is 12.1 Å². The zero-order chi connectivity index (χ0) is 21.7. The molecule has 5 nitrogen and oxygen atoms in total. The van der Waals surface area contributed by atoms with Crippen LogP contribution in [0.15, 0.2) is 72.8 Å². The highest BCUT2D eigenvalue weighted by Crippen LogP contribution is 2.47. The van der Waals surface area contributed by atoms with E-state index in [1.54, 1.807) is 30.3 Å². The molecule has 0 spiro atoms. The van der Waals surface area contributed by atoms with Crippen LogP contribution in [0.3, 0.4) is 0 Å². The van der Waals surface area contributed by atoms with Crippen molar-refractivity contribution in [1.29, 1.82) is 0 Å². The first kappa shape index (κ1) is 19.3. The van der Waals surface area contributed by atoms with Crippen molar-refractivity contribution in [3.05, 3.63) is 95.8 Å². The van der Waals surface area contributed by atoms with Gasteiger partial charge in [-0.25, -0.2) is 23.1 Å². The maximum absolute atomic E-state index is 14.0. The van der Waals surface area contributed by atoms with Crippen molar-refractivity contribution in [3.63, 3.8) is 0 Å². The summed E-state index contributed by atoms with van der Waals surface area (Å²) in [5.74, 6) is -4.76. The molecule has 2 heterocycles. The fraction of sp³-hybridized carbons (Fsp3) is 0.130. The molecule has 0 N–H and O–H groups in total. The zero-order valence-corrected chi connectivity index (χ0v) is 15.9. The average Bonchev–Trinajstić information content (AvgIpc) is 3.28. The molecule has 0 saturated carbocycles. The molecule has 5 rings (SSSR count). The number of fused-ring (bicyclic) bond motifs is 1. The molecular formula is C23H15F3N2O3. The highest BCUT2D eigenvalue weighted by molar-refractivity contribution is 6.23. The molecule has 3 aromatic carbocycles. The van der Waals surface area contributed by atoms with Crippen LogP contribution in [0.1, 0.15) is 11.6 Å². The van der Waals surface area contributed by atoms with Gasteiger partial charge in [-0.3, -0.25) is 14.4 Å². The molecular weight excluding hydrogens is 409 g/mol. The van der Waals surface area contributed by atoms with Crippen LogP contribution in [0.25, 0.3) is 0 Å². The largest absolute Gasteiger partial charge is 0.273 e. The number of hydroxylamine groups is 1. The number of benzene rings is 3. The van der Waals surface area contributed by atoms with Crippen LogP contribution in [-0.4, -0.2) is 17.9 Å². The maximum atomic E-state index is 14.0. The standard InChI is InChI=1S/C23H15F3N2O3/c24-14-7-9-15(10-8-14)27-22(29)19-20(13-6-11-17(25)18(26)12-13)28(31-21(19)23(27)30)16-4-2-1-3-5-16/h1-12,19-21H/t19-,20-,21-/m1/s1. The highest BCUT2D eigenvalue weighted by atomic mass is 19.2. The van der Waals surface area contributed by atoms with Crippen LogP contribution < -0.4 is 9.96 Å². The number of halogens is 3. The van der Waals surface area contributed by atoms with Crippen LogP contribution in [0.4, 0.5) is 24.5 Å². The molecule has 2 aliphatic heterocycles. The van der Waals surface area contributed by atoms with Crippen molar-refractivity contribution in [1.82, 2.24) is 0 Å². The third-order valence-corrected chi connectivity index (χ3v) is 5.50. The van der Waals surface area contributed by atoms with E-state index in [-0.39, 0.29) is 11.3 Å². The fourth-order valence-electron chi connectivity index (χ4n) is 4.09. The van der Waals surface area contributed by atoms with Gasteiger partial charge in [-0.1, -0.05) is 24.3 Å².